The van der Waals surface area contributed by atoms with E-state index in [1.165, 1.54) is 4.80 Å². The van der Waals surface area contributed by atoms with Gasteiger partial charge in [0, 0.05) is 13.2 Å². The van der Waals surface area contributed by atoms with Crippen LogP contribution in [0.4, 0.5) is 0 Å². The predicted octanol–water partition coefficient (Wildman–Crippen LogP) is 0.270. The van der Waals surface area contributed by atoms with Gasteiger partial charge in [0.25, 0.3) is 5.91 Å². The number of aromatic nitrogens is 3. The van der Waals surface area contributed by atoms with Crippen molar-refractivity contribution in [1.82, 2.24) is 20.3 Å². The lowest BCUT2D eigenvalue weighted by Crippen LogP contribution is -2.26. The molecular formula is C15H20N4O4. The largest absolute Gasteiger partial charge is 0.494 e. The predicted molar refractivity (Wildman–Crippen MR) is 82.5 cm³/mol. The maximum atomic E-state index is 12.0. The van der Waals surface area contributed by atoms with Gasteiger partial charge in [0.2, 0.25) is 0 Å². The molecule has 0 spiro atoms. The fourth-order valence-corrected chi connectivity index (χ4v) is 1.94. The zero-order chi connectivity index (χ0) is 16.7. The van der Waals surface area contributed by atoms with Gasteiger partial charge in [-0.15, -0.1) is 10.2 Å². The highest BCUT2D eigenvalue weighted by molar-refractivity contribution is 5.93. The number of nitrogens with zero attached hydrogens (tertiary/aromatic N) is 3. The van der Waals surface area contributed by atoms with Crippen molar-refractivity contribution in [1.29, 1.82) is 0 Å². The first-order valence-electron chi connectivity index (χ1n) is 7.39. The van der Waals surface area contributed by atoms with Crippen LogP contribution in [0.15, 0.2) is 24.3 Å². The summed E-state index contributed by atoms with van der Waals surface area (Å²) in [5, 5.41) is 29.0. The first-order valence-corrected chi connectivity index (χ1v) is 7.39. The molecule has 2 rings (SSSR count). The van der Waals surface area contributed by atoms with Gasteiger partial charge in [-0.1, -0.05) is 0 Å². The Morgan fingerprint density at radius 2 is 2.00 bits per heavy atom. The molecule has 0 aliphatic rings. The molecule has 1 amide bonds. The standard InChI is InChI=1S/C15H20N4O4/c1-2-23-12-6-4-11(5-7-12)19-17-13(10-21)14(18-19)15(22)16-8-3-9-20/h4-7,20-21H,2-3,8-10H2,1H3,(H,16,22). The van der Waals surface area contributed by atoms with E-state index in [0.717, 1.165) is 5.75 Å². The Morgan fingerprint density at radius 3 is 2.61 bits per heavy atom. The van der Waals surface area contributed by atoms with Crippen LogP contribution in [0.2, 0.25) is 0 Å². The van der Waals surface area contributed by atoms with Crippen LogP contribution < -0.4 is 10.1 Å². The van der Waals surface area contributed by atoms with E-state index in [-0.39, 0.29) is 24.6 Å². The van der Waals surface area contributed by atoms with Crippen LogP contribution in [0.25, 0.3) is 5.69 Å². The van der Waals surface area contributed by atoms with Crippen molar-refractivity contribution in [2.24, 2.45) is 0 Å². The average molecular weight is 320 g/mol. The zero-order valence-corrected chi connectivity index (χ0v) is 12.9. The first kappa shape index (κ1) is 16.9. The summed E-state index contributed by atoms with van der Waals surface area (Å²) < 4.78 is 5.37. The van der Waals surface area contributed by atoms with Crippen LogP contribution in [0.5, 0.6) is 5.75 Å². The molecule has 1 aromatic heterocycles. The lowest BCUT2D eigenvalue weighted by Gasteiger charge is -2.04. The monoisotopic (exact) mass is 320 g/mol. The molecule has 0 unspecified atom stereocenters. The Bertz CT molecular complexity index is 639. The van der Waals surface area contributed by atoms with Crippen molar-refractivity contribution < 1.29 is 19.7 Å². The summed E-state index contributed by atoms with van der Waals surface area (Å²) in [7, 11) is 0. The van der Waals surface area contributed by atoms with Crippen LogP contribution in [0.1, 0.15) is 29.5 Å². The normalized spacial score (nSPS) is 10.6. The number of benzene rings is 1. The van der Waals surface area contributed by atoms with Gasteiger partial charge in [-0.3, -0.25) is 4.79 Å². The van der Waals surface area contributed by atoms with Crippen molar-refractivity contribution in [3.8, 4) is 11.4 Å². The molecule has 0 aliphatic carbocycles. The van der Waals surface area contributed by atoms with Gasteiger partial charge in [-0.2, -0.15) is 4.80 Å². The van der Waals surface area contributed by atoms with Crippen molar-refractivity contribution in [2.45, 2.75) is 20.0 Å². The fourth-order valence-electron chi connectivity index (χ4n) is 1.94. The summed E-state index contributed by atoms with van der Waals surface area (Å²) in [6, 6.07) is 7.09. The van der Waals surface area contributed by atoms with Gasteiger partial charge in [-0.05, 0) is 37.6 Å². The van der Waals surface area contributed by atoms with Gasteiger partial charge < -0.3 is 20.3 Å². The van der Waals surface area contributed by atoms with Gasteiger partial charge >= 0.3 is 0 Å². The third-order valence-corrected chi connectivity index (χ3v) is 3.05. The molecule has 1 heterocycles. The second-order valence-corrected chi connectivity index (χ2v) is 4.70. The van der Waals surface area contributed by atoms with E-state index in [2.05, 4.69) is 15.5 Å². The van der Waals surface area contributed by atoms with Crippen molar-refractivity contribution in [2.75, 3.05) is 19.8 Å². The second-order valence-electron chi connectivity index (χ2n) is 4.70. The summed E-state index contributed by atoms with van der Waals surface area (Å²) in [6.45, 7) is 2.41. The van der Waals surface area contributed by atoms with Crippen LogP contribution in [0.3, 0.4) is 0 Å². The van der Waals surface area contributed by atoms with Crippen LogP contribution in [0, 0.1) is 0 Å². The number of hydrogen-bond acceptors (Lipinski definition) is 6. The van der Waals surface area contributed by atoms with Crippen molar-refractivity contribution in [3.05, 3.63) is 35.7 Å². The van der Waals surface area contributed by atoms with Crippen molar-refractivity contribution in [3.63, 3.8) is 0 Å². The lowest BCUT2D eigenvalue weighted by atomic mass is 10.3. The molecular weight excluding hydrogens is 300 g/mol. The molecule has 0 radical (unpaired) electrons. The number of carbonyl (C=O) groups is 1. The second kappa shape index (κ2) is 8.25. The Hall–Kier alpha value is -2.45. The minimum absolute atomic E-state index is 0.00793. The Kier molecular flexibility index (Phi) is 6.07. The highest BCUT2D eigenvalue weighted by atomic mass is 16.5. The van der Waals surface area contributed by atoms with Crippen LogP contribution >= 0.6 is 0 Å². The highest BCUT2D eigenvalue weighted by Gasteiger charge is 2.18. The average Bonchev–Trinajstić information content (AvgIpc) is 3.00. The Balaban J connectivity index is 2.18. The highest BCUT2D eigenvalue weighted by Crippen LogP contribution is 2.15. The third kappa shape index (κ3) is 4.27. The van der Waals surface area contributed by atoms with E-state index >= 15 is 0 Å². The Morgan fingerprint density at radius 1 is 1.26 bits per heavy atom. The maximum Gasteiger partial charge on any atom is 0.273 e. The minimum atomic E-state index is -0.431. The molecule has 0 fully saturated rings. The molecule has 3 N–H and O–H groups in total. The molecule has 8 heteroatoms. The van der Waals surface area contributed by atoms with E-state index < -0.39 is 5.91 Å². The fraction of sp³-hybridized carbons (Fsp3) is 0.400. The third-order valence-electron chi connectivity index (χ3n) is 3.05. The van der Waals surface area contributed by atoms with E-state index in [4.69, 9.17) is 9.84 Å². The molecule has 0 atom stereocenters. The van der Waals surface area contributed by atoms with Crippen LogP contribution in [-0.4, -0.2) is 50.9 Å². The molecule has 1 aromatic carbocycles. The quantitative estimate of drug-likeness (QED) is 0.602. The number of aliphatic hydroxyl groups excluding tert-OH is 2. The lowest BCUT2D eigenvalue weighted by molar-refractivity contribution is 0.0942. The molecule has 2 aromatic rings. The van der Waals surface area contributed by atoms with Gasteiger partial charge in [0.1, 0.15) is 11.4 Å². The smallest absolute Gasteiger partial charge is 0.273 e. The summed E-state index contributed by atoms with van der Waals surface area (Å²) >= 11 is 0. The number of carbonyl (C=O) groups excluding carboxylic acids is 1. The summed E-state index contributed by atoms with van der Waals surface area (Å²) in [4.78, 5) is 13.3. The first-order chi connectivity index (χ1) is 11.2. The molecule has 124 valence electrons. The number of amides is 1. The van der Waals surface area contributed by atoms with Gasteiger partial charge in [0.05, 0.1) is 18.9 Å². The molecule has 0 bridgehead atoms. The number of aliphatic hydroxyl groups is 2. The van der Waals surface area contributed by atoms with Crippen LogP contribution in [-0.2, 0) is 6.61 Å². The number of rotatable bonds is 8. The molecule has 0 saturated heterocycles. The maximum absolute atomic E-state index is 12.0. The zero-order valence-electron chi connectivity index (χ0n) is 12.9. The van der Waals surface area contributed by atoms with Crippen molar-refractivity contribution >= 4 is 5.91 Å². The van der Waals surface area contributed by atoms with Gasteiger partial charge in [-0.25, -0.2) is 0 Å². The topological polar surface area (TPSA) is 110 Å². The Labute approximate surface area is 133 Å². The van der Waals surface area contributed by atoms with E-state index in [9.17, 15) is 9.90 Å². The molecule has 0 saturated carbocycles. The van der Waals surface area contributed by atoms with Gasteiger partial charge in [0.15, 0.2) is 5.69 Å². The minimum Gasteiger partial charge on any atom is -0.494 e. The van der Waals surface area contributed by atoms with E-state index in [1.807, 2.05) is 6.92 Å². The number of hydrogen-bond donors (Lipinski definition) is 3. The number of ether oxygens (including phenoxy) is 1. The van der Waals surface area contributed by atoms with E-state index in [1.54, 1.807) is 24.3 Å². The molecule has 8 nitrogen and oxygen atoms in total. The molecule has 23 heavy (non-hydrogen) atoms. The van der Waals surface area contributed by atoms with E-state index in [0.29, 0.717) is 25.3 Å². The summed E-state index contributed by atoms with van der Waals surface area (Å²) in [6.07, 6.45) is 0.452. The number of nitrogens with one attached hydrogen (secondary N) is 1. The summed E-state index contributed by atoms with van der Waals surface area (Å²) in [5.74, 6) is 0.299. The SMILES string of the molecule is CCOc1ccc(-n2nc(CO)c(C(=O)NCCCO)n2)cc1. The molecule has 0 aliphatic heterocycles. The summed E-state index contributed by atoms with van der Waals surface area (Å²) in [5.41, 5.74) is 0.914.